The first-order valence-electron chi connectivity index (χ1n) is 7.61. The Morgan fingerprint density at radius 3 is 2.71 bits per heavy atom. The summed E-state index contributed by atoms with van der Waals surface area (Å²) in [4.78, 5) is 32.4. The van der Waals surface area contributed by atoms with Gasteiger partial charge >= 0.3 is 5.97 Å². The van der Waals surface area contributed by atoms with Crippen molar-refractivity contribution in [3.63, 3.8) is 0 Å². The van der Waals surface area contributed by atoms with Crippen LogP contribution >= 0.6 is 11.3 Å². The van der Waals surface area contributed by atoms with Gasteiger partial charge in [0, 0.05) is 38.1 Å². The fourth-order valence-corrected chi connectivity index (χ4v) is 3.83. The summed E-state index contributed by atoms with van der Waals surface area (Å²) in [5.41, 5.74) is 1.04. The van der Waals surface area contributed by atoms with E-state index < -0.39 is 5.97 Å². The van der Waals surface area contributed by atoms with Gasteiger partial charge in [-0.05, 0) is 13.8 Å². The number of hydrogen-bond acceptors (Lipinski definition) is 6. The Kier molecular flexibility index (Phi) is 4.27. The van der Waals surface area contributed by atoms with E-state index in [4.69, 9.17) is 0 Å². The summed E-state index contributed by atoms with van der Waals surface area (Å²) in [6.07, 6.45) is 1.22. The van der Waals surface area contributed by atoms with Crippen LogP contribution in [0.1, 0.15) is 33.5 Å². The lowest BCUT2D eigenvalue weighted by Crippen LogP contribution is -2.54. The minimum Gasteiger partial charge on any atom is -0.478 e. The molecule has 1 unspecified atom stereocenters. The molecule has 0 saturated carbocycles. The number of piperazine rings is 1. The first-order chi connectivity index (χ1) is 11.4. The molecule has 8 nitrogen and oxygen atoms in total. The molecule has 3 rings (SSSR count). The molecule has 1 aliphatic rings. The van der Waals surface area contributed by atoms with Crippen molar-refractivity contribution >= 4 is 28.3 Å². The van der Waals surface area contributed by atoms with Gasteiger partial charge in [-0.15, -0.1) is 11.3 Å². The van der Waals surface area contributed by atoms with Crippen LogP contribution in [0.15, 0.2) is 11.6 Å². The number of anilines is 1. The minimum absolute atomic E-state index is 0.0619. The number of carboxylic acid groups (broad SMARTS) is 1. The molecule has 0 radical (unpaired) electrons. The topological polar surface area (TPSA) is 91.6 Å². The third-order valence-corrected chi connectivity index (χ3v) is 5.13. The van der Waals surface area contributed by atoms with E-state index in [0.717, 1.165) is 10.8 Å². The largest absolute Gasteiger partial charge is 0.478 e. The highest BCUT2D eigenvalue weighted by atomic mass is 32.1. The normalized spacial score (nSPS) is 18.0. The molecular weight excluding hydrogens is 330 g/mol. The van der Waals surface area contributed by atoms with Crippen molar-refractivity contribution < 1.29 is 14.7 Å². The molecule has 0 spiro atoms. The van der Waals surface area contributed by atoms with Gasteiger partial charge in [0.15, 0.2) is 5.13 Å². The summed E-state index contributed by atoms with van der Waals surface area (Å²) >= 11 is 1.60. The molecule has 1 atom stereocenters. The van der Waals surface area contributed by atoms with Crippen LogP contribution in [0.4, 0.5) is 5.13 Å². The maximum Gasteiger partial charge on any atom is 0.339 e. The Hall–Kier alpha value is -2.42. The van der Waals surface area contributed by atoms with E-state index in [-0.39, 0.29) is 23.2 Å². The second-order valence-corrected chi connectivity index (χ2v) is 6.74. The van der Waals surface area contributed by atoms with Crippen molar-refractivity contribution in [2.24, 2.45) is 7.05 Å². The summed E-state index contributed by atoms with van der Waals surface area (Å²) in [6.45, 7) is 5.70. The van der Waals surface area contributed by atoms with Gasteiger partial charge in [-0.3, -0.25) is 9.48 Å². The molecule has 1 N–H and O–H groups in total. The summed E-state index contributed by atoms with van der Waals surface area (Å²) < 4.78 is 1.33. The molecule has 24 heavy (non-hydrogen) atoms. The van der Waals surface area contributed by atoms with Crippen LogP contribution in [0.5, 0.6) is 0 Å². The van der Waals surface area contributed by atoms with Crippen LogP contribution in [0.25, 0.3) is 0 Å². The number of thiazole rings is 1. The fraction of sp³-hybridized carbons (Fsp3) is 0.467. The third-order valence-electron chi connectivity index (χ3n) is 4.14. The quantitative estimate of drug-likeness (QED) is 0.896. The van der Waals surface area contributed by atoms with Crippen molar-refractivity contribution in [1.29, 1.82) is 0 Å². The molecule has 0 bridgehead atoms. The van der Waals surface area contributed by atoms with Crippen LogP contribution in [-0.4, -0.2) is 62.3 Å². The van der Waals surface area contributed by atoms with Crippen molar-refractivity contribution in [3.05, 3.63) is 28.5 Å². The lowest BCUT2D eigenvalue weighted by atomic mass is 10.1. The number of aryl methyl sites for hydroxylation is 2. The summed E-state index contributed by atoms with van der Waals surface area (Å²) in [7, 11) is 1.58. The van der Waals surface area contributed by atoms with Gasteiger partial charge in [0.25, 0.3) is 5.91 Å². The highest BCUT2D eigenvalue weighted by molar-refractivity contribution is 7.13. The van der Waals surface area contributed by atoms with Crippen molar-refractivity contribution in [2.75, 3.05) is 24.5 Å². The van der Waals surface area contributed by atoms with Crippen molar-refractivity contribution in [1.82, 2.24) is 19.7 Å². The van der Waals surface area contributed by atoms with Gasteiger partial charge in [-0.2, -0.15) is 5.10 Å². The van der Waals surface area contributed by atoms with Crippen molar-refractivity contribution in [2.45, 2.75) is 19.9 Å². The molecule has 0 aliphatic carbocycles. The molecule has 1 fully saturated rings. The number of carbonyl (C=O) groups excluding carboxylic acids is 1. The monoisotopic (exact) mass is 349 g/mol. The SMILES string of the molecule is Cc1csc(N2CCN(C(=O)c3c(C(=O)O)cnn3C)CC2C)n1. The molecule has 2 aromatic rings. The number of carbonyl (C=O) groups is 2. The number of aromatic carboxylic acids is 1. The van der Waals surface area contributed by atoms with Crippen LogP contribution in [0.3, 0.4) is 0 Å². The smallest absolute Gasteiger partial charge is 0.339 e. The van der Waals surface area contributed by atoms with E-state index in [0.29, 0.717) is 19.6 Å². The molecule has 3 heterocycles. The lowest BCUT2D eigenvalue weighted by Gasteiger charge is -2.39. The van der Waals surface area contributed by atoms with E-state index >= 15 is 0 Å². The third kappa shape index (κ3) is 2.86. The number of carboxylic acids is 1. The predicted octanol–water partition coefficient (Wildman–Crippen LogP) is 1.23. The number of nitrogens with zero attached hydrogens (tertiary/aromatic N) is 5. The van der Waals surface area contributed by atoms with E-state index in [1.807, 2.05) is 19.2 Å². The van der Waals surface area contributed by atoms with Gasteiger partial charge in [-0.1, -0.05) is 0 Å². The highest BCUT2D eigenvalue weighted by Gasteiger charge is 2.32. The van der Waals surface area contributed by atoms with Crippen LogP contribution in [0, 0.1) is 6.92 Å². The Morgan fingerprint density at radius 2 is 2.12 bits per heavy atom. The fourth-order valence-electron chi connectivity index (χ4n) is 2.90. The number of hydrogen-bond donors (Lipinski definition) is 1. The first-order valence-corrected chi connectivity index (χ1v) is 8.49. The number of amides is 1. The second-order valence-electron chi connectivity index (χ2n) is 5.90. The Balaban J connectivity index is 1.77. The van der Waals surface area contributed by atoms with Crippen molar-refractivity contribution in [3.8, 4) is 0 Å². The summed E-state index contributed by atoms with van der Waals surface area (Å²) in [5.74, 6) is -1.44. The van der Waals surface area contributed by atoms with E-state index in [2.05, 4.69) is 15.0 Å². The standard InChI is InChI=1S/C15H19N5O3S/c1-9-8-24-15(17-9)20-5-4-19(7-10(20)2)13(21)12-11(14(22)23)6-16-18(12)3/h6,8,10H,4-5,7H2,1-3H3,(H,22,23). The Morgan fingerprint density at radius 1 is 1.38 bits per heavy atom. The molecule has 1 saturated heterocycles. The van der Waals surface area contributed by atoms with Crippen LogP contribution in [-0.2, 0) is 7.05 Å². The molecule has 1 amide bonds. The second kappa shape index (κ2) is 6.23. The van der Waals surface area contributed by atoms with Gasteiger partial charge in [-0.25, -0.2) is 9.78 Å². The number of aromatic nitrogens is 3. The first kappa shape index (κ1) is 16.4. The predicted molar refractivity (Wildman–Crippen MR) is 89.7 cm³/mol. The van der Waals surface area contributed by atoms with E-state index in [9.17, 15) is 14.7 Å². The molecule has 2 aromatic heterocycles. The average molecular weight is 349 g/mol. The highest BCUT2D eigenvalue weighted by Crippen LogP contribution is 2.25. The molecule has 128 valence electrons. The zero-order chi connectivity index (χ0) is 17.4. The van der Waals surface area contributed by atoms with E-state index in [1.54, 1.807) is 23.3 Å². The summed E-state index contributed by atoms with van der Waals surface area (Å²) in [5, 5.41) is 16.1. The lowest BCUT2D eigenvalue weighted by molar-refractivity contribution is 0.0662. The molecule has 1 aliphatic heterocycles. The Labute approximate surface area is 143 Å². The summed E-state index contributed by atoms with van der Waals surface area (Å²) in [6, 6.07) is 0.106. The Bertz CT molecular complexity index is 784. The minimum atomic E-state index is -1.14. The van der Waals surface area contributed by atoms with Crippen LogP contribution < -0.4 is 4.90 Å². The molecule has 9 heteroatoms. The zero-order valence-electron chi connectivity index (χ0n) is 13.8. The van der Waals surface area contributed by atoms with Gasteiger partial charge < -0.3 is 14.9 Å². The van der Waals surface area contributed by atoms with E-state index in [1.165, 1.54) is 10.9 Å². The maximum atomic E-state index is 12.8. The molecule has 0 aromatic carbocycles. The van der Waals surface area contributed by atoms with Gasteiger partial charge in [0.05, 0.1) is 11.9 Å². The van der Waals surface area contributed by atoms with Gasteiger partial charge in [0.1, 0.15) is 11.3 Å². The maximum absolute atomic E-state index is 12.8. The van der Waals surface area contributed by atoms with Gasteiger partial charge in [0.2, 0.25) is 0 Å². The van der Waals surface area contributed by atoms with Crippen LogP contribution in [0.2, 0.25) is 0 Å². The number of rotatable bonds is 3. The molecular formula is C15H19N5O3S. The zero-order valence-corrected chi connectivity index (χ0v) is 14.6. The average Bonchev–Trinajstić information content (AvgIpc) is 3.12.